The fourth-order valence-corrected chi connectivity index (χ4v) is 4.50. The molecule has 0 N–H and O–H groups in total. The van der Waals surface area contributed by atoms with E-state index in [-0.39, 0.29) is 6.10 Å². The fraction of sp³-hybridized carbons (Fsp3) is 0.222. The molecule has 4 nitrogen and oxygen atoms in total. The minimum atomic E-state index is -0.790. The minimum Gasteiger partial charge on any atom is -0.370 e. The van der Waals surface area contributed by atoms with Crippen molar-refractivity contribution >= 4 is 46.6 Å². The maximum atomic E-state index is 6.68. The first-order chi connectivity index (χ1) is 12.6. The van der Waals surface area contributed by atoms with E-state index in [1.54, 1.807) is 6.07 Å². The molecule has 0 spiro atoms. The van der Waals surface area contributed by atoms with Crippen molar-refractivity contribution in [1.82, 2.24) is 14.8 Å². The van der Waals surface area contributed by atoms with Crippen LogP contribution in [0, 0.1) is 0 Å². The van der Waals surface area contributed by atoms with Gasteiger partial charge in [-0.25, -0.2) is 9.67 Å². The van der Waals surface area contributed by atoms with Gasteiger partial charge in [0.05, 0.1) is 21.7 Å². The summed E-state index contributed by atoms with van der Waals surface area (Å²) in [5.41, 5.74) is 0.980. The van der Waals surface area contributed by atoms with Crippen LogP contribution in [0.2, 0.25) is 15.1 Å². The first kappa shape index (κ1) is 18.1. The predicted molar refractivity (Wildman–Crippen MR) is 106 cm³/mol. The van der Waals surface area contributed by atoms with Gasteiger partial charge in [-0.3, -0.25) is 0 Å². The van der Waals surface area contributed by atoms with E-state index in [9.17, 15) is 0 Å². The summed E-state index contributed by atoms with van der Waals surface area (Å²) in [7, 11) is 0. The van der Waals surface area contributed by atoms with Gasteiger partial charge in [-0.2, -0.15) is 5.10 Å². The smallest absolute Gasteiger partial charge is 0.187 e. The van der Waals surface area contributed by atoms with Gasteiger partial charge in [-0.1, -0.05) is 83.0 Å². The molecule has 1 aliphatic rings. The lowest BCUT2D eigenvalue weighted by atomic mass is 9.80. The third kappa shape index (κ3) is 2.74. The highest BCUT2D eigenvalue weighted by atomic mass is 35.5. The zero-order chi connectivity index (χ0) is 18.3. The van der Waals surface area contributed by atoms with Gasteiger partial charge in [0.25, 0.3) is 0 Å². The maximum Gasteiger partial charge on any atom is 0.187 e. The van der Waals surface area contributed by atoms with Crippen molar-refractivity contribution in [3.63, 3.8) is 0 Å². The average molecular weight is 427 g/mol. The van der Waals surface area contributed by atoms with Gasteiger partial charge in [0.1, 0.15) is 18.0 Å². The molecule has 2 unspecified atom stereocenters. The summed E-state index contributed by atoms with van der Waals surface area (Å²) >= 11 is 20.7. The molecule has 1 fully saturated rings. The molecule has 2 aromatic carbocycles. The predicted octanol–water partition coefficient (Wildman–Crippen LogP) is 5.15. The van der Waals surface area contributed by atoms with Crippen LogP contribution in [0.3, 0.4) is 0 Å². The molecular formula is C18H14Cl3N3OS. The zero-order valence-electron chi connectivity index (χ0n) is 13.7. The molecule has 1 aromatic heterocycles. The number of nitrogens with zero attached hydrogens (tertiary/aromatic N) is 3. The highest BCUT2D eigenvalue weighted by Crippen LogP contribution is 2.49. The Labute approximate surface area is 170 Å². The third-order valence-electron chi connectivity index (χ3n) is 4.49. The standard InChI is InChI=1S/C18H14Cl3N3OS/c1-26-17-22-10-23-24(17)18(14-9-25-14,11-5-3-2-4-6-11)12-7-8-13(19)16(21)15(12)20/h2-8,10,14H,9H2,1H3. The molecule has 0 aliphatic carbocycles. The van der Waals surface area contributed by atoms with Gasteiger partial charge in [-0.05, 0) is 17.9 Å². The topological polar surface area (TPSA) is 43.2 Å². The summed E-state index contributed by atoms with van der Waals surface area (Å²) in [5, 5.41) is 6.41. The van der Waals surface area contributed by atoms with E-state index in [1.807, 2.05) is 47.3 Å². The Morgan fingerprint density at radius 3 is 2.50 bits per heavy atom. The number of ether oxygens (including phenoxy) is 1. The third-order valence-corrected chi connectivity index (χ3v) is 6.43. The van der Waals surface area contributed by atoms with Gasteiger partial charge in [-0.15, -0.1) is 0 Å². The SMILES string of the molecule is CSc1ncnn1C(c1ccccc1)(c1ccc(Cl)c(Cl)c1Cl)C1CO1. The number of hydrogen-bond donors (Lipinski definition) is 0. The summed E-state index contributed by atoms with van der Waals surface area (Å²) in [5.74, 6) is 0. The Balaban J connectivity index is 2.10. The van der Waals surface area contributed by atoms with Gasteiger partial charge < -0.3 is 4.74 Å². The van der Waals surface area contributed by atoms with Crippen LogP contribution >= 0.6 is 46.6 Å². The second-order valence-corrected chi connectivity index (χ2v) is 7.77. The van der Waals surface area contributed by atoms with Crippen molar-refractivity contribution in [3.8, 4) is 0 Å². The highest BCUT2D eigenvalue weighted by Gasteiger charge is 2.54. The average Bonchev–Trinajstić information content (AvgIpc) is 3.40. The molecule has 3 aromatic rings. The zero-order valence-corrected chi connectivity index (χ0v) is 16.8. The first-order valence-electron chi connectivity index (χ1n) is 7.86. The lowest BCUT2D eigenvalue weighted by Crippen LogP contribution is -2.43. The van der Waals surface area contributed by atoms with Crippen LogP contribution in [0.1, 0.15) is 11.1 Å². The van der Waals surface area contributed by atoms with Crippen molar-refractivity contribution in [2.75, 3.05) is 12.9 Å². The number of halogens is 3. The Kier molecular flexibility index (Phi) is 4.92. The van der Waals surface area contributed by atoms with Crippen molar-refractivity contribution in [2.45, 2.75) is 16.8 Å². The fourth-order valence-electron chi connectivity index (χ4n) is 3.30. The van der Waals surface area contributed by atoms with E-state index < -0.39 is 5.54 Å². The van der Waals surface area contributed by atoms with E-state index in [4.69, 9.17) is 39.5 Å². The monoisotopic (exact) mass is 425 g/mol. The van der Waals surface area contributed by atoms with Crippen LogP contribution in [0.25, 0.3) is 0 Å². The van der Waals surface area contributed by atoms with Crippen LogP contribution in [0.15, 0.2) is 53.9 Å². The molecule has 4 rings (SSSR count). The number of thioether (sulfide) groups is 1. The summed E-state index contributed by atoms with van der Waals surface area (Å²) in [6.45, 7) is 0.582. The molecular weight excluding hydrogens is 413 g/mol. The second-order valence-electron chi connectivity index (χ2n) is 5.84. The van der Waals surface area contributed by atoms with Crippen molar-refractivity contribution in [1.29, 1.82) is 0 Å². The molecule has 2 atom stereocenters. The Hall–Kier alpha value is -1.24. The normalized spacial score (nSPS) is 18.5. The minimum absolute atomic E-state index is 0.146. The van der Waals surface area contributed by atoms with E-state index in [0.29, 0.717) is 21.7 Å². The number of benzene rings is 2. The van der Waals surface area contributed by atoms with Gasteiger partial charge in [0.2, 0.25) is 0 Å². The molecule has 0 radical (unpaired) electrons. The lowest BCUT2D eigenvalue weighted by molar-refractivity contribution is 0.254. The van der Waals surface area contributed by atoms with Gasteiger partial charge in [0, 0.05) is 5.56 Å². The van der Waals surface area contributed by atoms with E-state index >= 15 is 0 Å². The molecule has 1 aliphatic heterocycles. The molecule has 0 amide bonds. The Morgan fingerprint density at radius 2 is 1.85 bits per heavy atom. The van der Waals surface area contributed by atoms with Crippen LogP contribution in [-0.2, 0) is 10.3 Å². The molecule has 8 heteroatoms. The van der Waals surface area contributed by atoms with E-state index in [0.717, 1.165) is 16.3 Å². The Morgan fingerprint density at radius 1 is 1.12 bits per heavy atom. The molecule has 134 valence electrons. The summed E-state index contributed by atoms with van der Waals surface area (Å²) in [6.07, 6.45) is 3.35. The van der Waals surface area contributed by atoms with Gasteiger partial charge >= 0.3 is 0 Å². The Bertz CT molecular complexity index is 946. The largest absolute Gasteiger partial charge is 0.370 e. The van der Waals surface area contributed by atoms with Gasteiger partial charge in [0.15, 0.2) is 5.16 Å². The maximum absolute atomic E-state index is 6.68. The van der Waals surface area contributed by atoms with Crippen molar-refractivity contribution in [2.24, 2.45) is 0 Å². The van der Waals surface area contributed by atoms with E-state index in [1.165, 1.54) is 18.1 Å². The number of epoxide rings is 1. The first-order valence-corrected chi connectivity index (χ1v) is 10.2. The second kappa shape index (κ2) is 7.06. The summed E-state index contributed by atoms with van der Waals surface area (Å²) in [6, 6.07) is 13.6. The van der Waals surface area contributed by atoms with Crippen molar-refractivity contribution < 1.29 is 4.74 Å². The number of rotatable bonds is 5. The molecule has 0 saturated carbocycles. The summed E-state index contributed by atoms with van der Waals surface area (Å²) in [4.78, 5) is 4.39. The summed E-state index contributed by atoms with van der Waals surface area (Å²) < 4.78 is 7.67. The van der Waals surface area contributed by atoms with Crippen LogP contribution in [-0.4, -0.2) is 33.7 Å². The molecule has 0 bridgehead atoms. The quantitative estimate of drug-likeness (QED) is 0.321. The van der Waals surface area contributed by atoms with E-state index in [2.05, 4.69) is 10.1 Å². The van der Waals surface area contributed by atoms with Crippen LogP contribution < -0.4 is 0 Å². The molecule has 26 heavy (non-hydrogen) atoms. The highest BCUT2D eigenvalue weighted by molar-refractivity contribution is 7.98. The molecule has 2 heterocycles. The lowest BCUT2D eigenvalue weighted by Gasteiger charge is -2.35. The molecule has 1 saturated heterocycles. The number of hydrogen-bond acceptors (Lipinski definition) is 4. The number of aromatic nitrogens is 3. The van der Waals surface area contributed by atoms with Crippen molar-refractivity contribution in [3.05, 3.63) is 75.0 Å². The van der Waals surface area contributed by atoms with Crippen LogP contribution in [0.5, 0.6) is 0 Å². The van der Waals surface area contributed by atoms with Crippen LogP contribution in [0.4, 0.5) is 0 Å².